The van der Waals surface area contributed by atoms with Gasteiger partial charge in [0.25, 0.3) is 0 Å². The molecule has 0 amide bonds. The Labute approximate surface area is 95.0 Å². The number of rotatable bonds is 3. The molecule has 1 aromatic heterocycles. The number of nitrogens with one attached hydrogen (secondary N) is 1. The third kappa shape index (κ3) is 1.94. The van der Waals surface area contributed by atoms with Crippen LogP contribution in [0.4, 0.5) is 0 Å². The van der Waals surface area contributed by atoms with Crippen LogP contribution >= 0.6 is 11.5 Å². The Morgan fingerprint density at radius 1 is 1.60 bits per heavy atom. The average molecular weight is 226 g/mol. The first-order valence-electron chi connectivity index (χ1n) is 5.59. The van der Waals surface area contributed by atoms with Crippen LogP contribution in [-0.2, 0) is 4.74 Å². The highest BCUT2D eigenvalue weighted by molar-refractivity contribution is 7.03. The lowest BCUT2D eigenvalue weighted by Crippen LogP contribution is -2.51. The summed E-state index contributed by atoms with van der Waals surface area (Å²) in [7, 11) is 0. The quantitative estimate of drug-likeness (QED) is 0.859. The Morgan fingerprint density at radius 2 is 2.40 bits per heavy atom. The van der Waals surface area contributed by atoms with Gasteiger partial charge >= 0.3 is 0 Å². The molecule has 0 radical (unpaired) electrons. The predicted octanol–water partition coefficient (Wildman–Crippen LogP) is 2.36. The normalized spacial score (nSPS) is 25.3. The molecule has 0 aromatic carbocycles. The van der Waals surface area contributed by atoms with Crippen LogP contribution in [0.2, 0.25) is 0 Å². The van der Waals surface area contributed by atoms with Crippen molar-refractivity contribution in [1.29, 1.82) is 0 Å². The molecule has 3 nitrogen and oxygen atoms in total. The van der Waals surface area contributed by atoms with Gasteiger partial charge < -0.3 is 10.1 Å². The van der Waals surface area contributed by atoms with Crippen molar-refractivity contribution >= 4 is 11.5 Å². The van der Waals surface area contributed by atoms with Crippen LogP contribution in [0.15, 0.2) is 11.6 Å². The van der Waals surface area contributed by atoms with Crippen molar-refractivity contribution in [2.24, 2.45) is 0 Å². The molecular weight excluding hydrogens is 208 g/mol. The van der Waals surface area contributed by atoms with Gasteiger partial charge in [0.15, 0.2) is 0 Å². The van der Waals surface area contributed by atoms with Gasteiger partial charge in [0.1, 0.15) is 0 Å². The zero-order valence-electron chi connectivity index (χ0n) is 9.32. The van der Waals surface area contributed by atoms with Gasteiger partial charge in [-0.05, 0) is 24.4 Å². The van der Waals surface area contributed by atoms with E-state index in [0.29, 0.717) is 6.04 Å². The summed E-state index contributed by atoms with van der Waals surface area (Å²) in [5.41, 5.74) is 1.23. The van der Waals surface area contributed by atoms with E-state index in [9.17, 15) is 0 Å². The van der Waals surface area contributed by atoms with E-state index < -0.39 is 0 Å². The molecule has 1 saturated heterocycles. The number of morpholine rings is 1. The van der Waals surface area contributed by atoms with E-state index in [-0.39, 0.29) is 5.60 Å². The van der Waals surface area contributed by atoms with Crippen molar-refractivity contribution in [3.63, 3.8) is 0 Å². The first-order chi connectivity index (χ1) is 7.32. The maximum absolute atomic E-state index is 6.01. The highest BCUT2D eigenvalue weighted by atomic mass is 32.1. The van der Waals surface area contributed by atoms with E-state index in [0.717, 1.165) is 26.0 Å². The van der Waals surface area contributed by atoms with Gasteiger partial charge in [-0.1, -0.05) is 13.8 Å². The highest BCUT2D eigenvalue weighted by Crippen LogP contribution is 2.37. The molecule has 1 fully saturated rings. The van der Waals surface area contributed by atoms with Gasteiger partial charge in [0.05, 0.1) is 18.2 Å². The molecule has 84 valence electrons. The molecule has 4 heteroatoms. The summed E-state index contributed by atoms with van der Waals surface area (Å²) in [6, 6.07) is 0.306. The summed E-state index contributed by atoms with van der Waals surface area (Å²) in [6.07, 6.45) is 4.03. The molecule has 2 rings (SSSR count). The van der Waals surface area contributed by atoms with Gasteiger partial charge in [-0.3, -0.25) is 0 Å². The van der Waals surface area contributed by atoms with Crippen molar-refractivity contribution in [1.82, 2.24) is 9.69 Å². The average Bonchev–Trinajstić information content (AvgIpc) is 2.82. The van der Waals surface area contributed by atoms with Gasteiger partial charge in [-0.2, -0.15) is 0 Å². The Hall–Kier alpha value is -0.450. The Bertz CT molecular complexity index is 296. The molecule has 1 unspecified atom stereocenters. The molecule has 2 heterocycles. The van der Waals surface area contributed by atoms with Crippen molar-refractivity contribution in [3.8, 4) is 0 Å². The molecule has 1 aromatic rings. The first kappa shape index (κ1) is 11.0. The summed E-state index contributed by atoms with van der Waals surface area (Å²) in [4.78, 5) is 0. The minimum absolute atomic E-state index is 0.0407. The lowest BCUT2D eigenvalue weighted by molar-refractivity contribution is -0.103. The lowest BCUT2D eigenvalue weighted by Gasteiger charge is -2.43. The highest BCUT2D eigenvalue weighted by Gasteiger charge is 2.40. The van der Waals surface area contributed by atoms with Gasteiger partial charge in [0, 0.05) is 23.7 Å². The van der Waals surface area contributed by atoms with Crippen LogP contribution in [0.1, 0.15) is 38.3 Å². The van der Waals surface area contributed by atoms with Crippen LogP contribution in [0.3, 0.4) is 0 Å². The Kier molecular flexibility index (Phi) is 3.38. The molecule has 1 aliphatic heterocycles. The number of ether oxygens (including phenoxy) is 1. The second-order valence-corrected chi connectivity index (χ2v) is 4.62. The van der Waals surface area contributed by atoms with Gasteiger partial charge in [0.2, 0.25) is 0 Å². The zero-order chi connectivity index (χ0) is 10.7. The summed E-state index contributed by atoms with van der Waals surface area (Å²) in [5, 5.41) is 5.67. The van der Waals surface area contributed by atoms with Crippen LogP contribution in [0, 0.1) is 0 Å². The molecular formula is C11H18N2OS. The van der Waals surface area contributed by atoms with Crippen LogP contribution in [0.25, 0.3) is 0 Å². The number of nitrogens with zero attached hydrogens (tertiary/aromatic N) is 1. The fourth-order valence-electron chi connectivity index (χ4n) is 2.37. The number of hydrogen-bond donors (Lipinski definition) is 1. The minimum atomic E-state index is -0.0407. The molecule has 1 N–H and O–H groups in total. The maximum atomic E-state index is 6.01. The lowest BCUT2D eigenvalue weighted by atomic mass is 9.84. The standard InChI is InChI=1S/C11H18N2OS/c1-3-11(4-2)10(12-5-6-14-11)9-7-13-15-8-9/h7-8,10,12H,3-6H2,1-2H3. The third-order valence-electron chi connectivity index (χ3n) is 3.35. The largest absolute Gasteiger partial charge is 0.372 e. The molecule has 0 saturated carbocycles. The second kappa shape index (κ2) is 4.60. The van der Waals surface area contributed by atoms with E-state index >= 15 is 0 Å². The summed E-state index contributed by atoms with van der Waals surface area (Å²) >= 11 is 1.51. The van der Waals surface area contributed by atoms with Gasteiger partial charge in [-0.15, -0.1) is 0 Å². The van der Waals surface area contributed by atoms with Crippen molar-refractivity contribution < 1.29 is 4.74 Å². The van der Waals surface area contributed by atoms with E-state index in [1.54, 1.807) is 0 Å². The SMILES string of the molecule is CCC1(CC)OCCNC1c1cnsc1. The fraction of sp³-hybridized carbons (Fsp3) is 0.727. The first-order valence-corrected chi connectivity index (χ1v) is 6.42. The number of aromatic nitrogens is 1. The topological polar surface area (TPSA) is 34.1 Å². The number of hydrogen-bond acceptors (Lipinski definition) is 4. The predicted molar refractivity (Wildman–Crippen MR) is 62.1 cm³/mol. The molecule has 1 atom stereocenters. The summed E-state index contributed by atoms with van der Waals surface area (Å²) in [6.45, 7) is 6.14. The third-order valence-corrected chi connectivity index (χ3v) is 3.95. The summed E-state index contributed by atoms with van der Waals surface area (Å²) < 4.78 is 10.2. The fourth-order valence-corrected chi connectivity index (χ4v) is 2.93. The Balaban J connectivity index is 2.26. The monoisotopic (exact) mass is 226 g/mol. The molecule has 0 bridgehead atoms. The van der Waals surface area contributed by atoms with E-state index in [2.05, 4.69) is 28.9 Å². The van der Waals surface area contributed by atoms with Gasteiger partial charge in [-0.25, -0.2) is 4.37 Å². The van der Waals surface area contributed by atoms with E-state index in [4.69, 9.17) is 4.74 Å². The molecule has 1 aliphatic rings. The van der Waals surface area contributed by atoms with Crippen molar-refractivity contribution in [3.05, 3.63) is 17.1 Å². The Morgan fingerprint density at radius 3 is 3.00 bits per heavy atom. The smallest absolute Gasteiger partial charge is 0.0872 e. The molecule has 0 aliphatic carbocycles. The van der Waals surface area contributed by atoms with Crippen LogP contribution < -0.4 is 5.32 Å². The van der Waals surface area contributed by atoms with Crippen molar-refractivity contribution in [2.75, 3.05) is 13.2 Å². The molecule has 15 heavy (non-hydrogen) atoms. The van der Waals surface area contributed by atoms with E-state index in [1.807, 2.05) is 6.20 Å². The second-order valence-electron chi connectivity index (χ2n) is 3.97. The van der Waals surface area contributed by atoms with Crippen molar-refractivity contribution in [2.45, 2.75) is 38.3 Å². The zero-order valence-corrected chi connectivity index (χ0v) is 10.1. The molecule has 0 spiro atoms. The van der Waals surface area contributed by atoms with E-state index in [1.165, 1.54) is 17.1 Å². The van der Waals surface area contributed by atoms with Crippen LogP contribution in [0.5, 0.6) is 0 Å². The summed E-state index contributed by atoms with van der Waals surface area (Å²) in [5.74, 6) is 0. The minimum Gasteiger partial charge on any atom is -0.372 e. The van der Waals surface area contributed by atoms with Crippen LogP contribution in [-0.4, -0.2) is 23.1 Å². The maximum Gasteiger partial charge on any atom is 0.0872 e.